The zero-order valence-electron chi connectivity index (χ0n) is 16.1. The van der Waals surface area contributed by atoms with E-state index in [9.17, 15) is 14.9 Å². The number of allylic oxidation sites excluding steroid dienone is 10. The summed E-state index contributed by atoms with van der Waals surface area (Å²) >= 11 is 0. The van der Waals surface area contributed by atoms with E-state index >= 15 is 0 Å². The Morgan fingerprint density at radius 2 is 1.41 bits per heavy atom. The van der Waals surface area contributed by atoms with E-state index in [-0.39, 0.29) is 5.70 Å². The van der Waals surface area contributed by atoms with Gasteiger partial charge in [0.05, 0.1) is 4.92 Å². The van der Waals surface area contributed by atoms with Crippen LogP contribution in [0.1, 0.15) is 58.3 Å². The van der Waals surface area contributed by atoms with Crippen LogP contribution in [0.15, 0.2) is 72.5 Å². The molecule has 0 unspecified atom stereocenters. The second kappa shape index (κ2) is 18.1. The number of nitrogens with zero attached hydrogens (tertiary/aromatic N) is 1. The number of carbonyl (C=O) groups is 1. The first-order valence-electron chi connectivity index (χ1n) is 9.50. The molecular formula is C22H31NO4. The zero-order chi connectivity index (χ0) is 20.2. The Hall–Kier alpha value is -2.69. The van der Waals surface area contributed by atoms with Gasteiger partial charge in [-0.3, -0.25) is 10.1 Å². The van der Waals surface area contributed by atoms with Crippen molar-refractivity contribution in [3.8, 4) is 0 Å². The minimum absolute atomic E-state index is 0.286. The monoisotopic (exact) mass is 373 g/mol. The molecule has 0 amide bonds. The number of unbranched alkanes of at least 4 members (excludes halogenated alkanes) is 7. The summed E-state index contributed by atoms with van der Waals surface area (Å²) < 4.78 is 0. The summed E-state index contributed by atoms with van der Waals surface area (Å²) in [5.74, 6) is -1.23. The van der Waals surface area contributed by atoms with Crippen LogP contribution in [0, 0.1) is 10.1 Å². The molecule has 0 aromatic carbocycles. The van der Waals surface area contributed by atoms with Crippen LogP contribution >= 0.6 is 0 Å². The number of aliphatic carboxylic acids is 1. The highest BCUT2D eigenvalue weighted by Crippen LogP contribution is 2.08. The molecule has 0 atom stereocenters. The Morgan fingerprint density at radius 1 is 0.852 bits per heavy atom. The third-order valence-corrected chi connectivity index (χ3v) is 3.65. The number of nitro groups is 1. The molecule has 0 aliphatic heterocycles. The van der Waals surface area contributed by atoms with Crippen molar-refractivity contribution in [1.29, 1.82) is 0 Å². The van der Waals surface area contributed by atoms with E-state index in [0.29, 0.717) is 0 Å². The second-order valence-electron chi connectivity index (χ2n) is 6.01. The average molecular weight is 373 g/mol. The van der Waals surface area contributed by atoms with Crippen molar-refractivity contribution in [3.63, 3.8) is 0 Å². The molecule has 0 saturated carbocycles. The highest BCUT2D eigenvalue weighted by molar-refractivity contribution is 5.80. The first kappa shape index (κ1) is 24.3. The van der Waals surface area contributed by atoms with Gasteiger partial charge in [0.15, 0.2) is 0 Å². The number of carboxylic acid groups (broad SMARTS) is 1. The van der Waals surface area contributed by atoms with E-state index in [1.165, 1.54) is 57.1 Å². The smallest absolute Gasteiger partial charge is 0.328 e. The molecule has 27 heavy (non-hydrogen) atoms. The van der Waals surface area contributed by atoms with Crippen LogP contribution in [0.3, 0.4) is 0 Å². The molecule has 0 aromatic heterocycles. The van der Waals surface area contributed by atoms with Gasteiger partial charge in [-0.1, -0.05) is 94.1 Å². The molecule has 0 rings (SSSR count). The topological polar surface area (TPSA) is 80.4 Å². The maximum Gasteiger partial charge on any atom is 0.328 e. The second-order valence-corrected chi connectivity index (χ2v) is 6.01. The summed E-state index contributed by atoms with van der Waals surface area (Å²) in [6, 6.07) is 0. The van der Waals surface area contributed by atoms with E-state index in [4.69, 9.17) is 5.11 Å². The lowest BCUT2D eigenvalue weighted by molar-refractivity contribution is -0.419. The van der Waals surface area contributed by atoms with Crippen molar-refractivity contribution < 1.29 is 14.8 Å². The van der Waals surface area contributed by atoms with E-state index in [2.05, 4.69) is 13.0 Å². The third-order valence-electron chi connectivity index (χ3n) is 3.65. The lowest BCUT2D eigenvalue weighted by Crippen LogP contribution is -1.96. The fraction of sp³-hybridized carbons (Fsp3) is 0.409. The molecule has 1 N–H and O–H groups in total. The molecule has 0 saturated heterocycles. The van der Waals surface area contributed by atoms with Crippen LogP contribution < -0.4 is 0 Å². The first-order valence-corrected chi connectivity index (χ1v) is 9.50. The lowest BCUT2D eigenvalue weighted by Gasteiger charge is -1.98. The largest absolute Gasteiger partial charge is 0.478 e. The van der Waals surface area contributed by atoms with Crippen LogP contribution in [0.25, 0.3) is 0 Å². The fourth-order valence-corrected chi connectivity index (χ4v) is 2.20. The predicted octanol–water partition coefficient (Wildman–Crippen LogP) is 6.15. The summed E-state index contributed by atoms with van der Waals surface area (Å²) in [7, 11) is 0. The first-order chi connectivity index (χ1) is 13.1. The standard InChI is InChI=1S/C22H31NO4/c1-2-3-4-5-6-7-8-9-10-11-12-13-14-15-16-17-18-21(23(26)27)19-20-22(24)25/h10-20H,2-9H2,1H3,(H,24,25)/b11-10+,13-12+,15-14+,17-16+,20-19+,21-18+. The van der Waals surface area contributed by atoms with Gasteiger partial charge in [-0.15, -0.1) is 0 Å². The lowest BCUT2D eigenvalue weighted by atomic mass is 10.1. The van der Waals surface area contributed by atoms with E-state index in [0.717, 1.165) is 18.6 Å². The number of hydrogen-bond acceptors (Lipinski definition) is 3. The van der Waals surface area contributed by atoms with Gasteiger partial charge in [0.2, 0.25) is 0 Å². The molecule has 0 aliphatic carbocycles. The van der Waals surface area contributed by atoms with Gasteiger partial charge >= 0.3 is 5.97 Å². The molecule has 148 valence electrons. The molecule has 0 aliphatic rings. The predicted molar refractivity (Wildman–Crippen MR) is 111 cm³/mol. The van der Waals surface area contributed by atoms with Gasteiger partial charge in [0.1, 0.15) is 0 Å². The molecule has 0 heterocycles. The molecule has 5 heteroatoms. The van der Waals surface area contributed by atoms with Crippen molar-refractivity contribution in [2.45, 2.75) is 58.3 Å². The summed E-state index contributed by atoms with van der Waals surface area (Å²) in [6.07, 6.45) is 27.9. The zero-order valence-corrected chi connectivity index (χ0v) is 16.1. The quantitative estimate of drug-likeness (QED) is 0.123. The van der Waals surface area contributed by atoms with Crippen molar-refractivity contribution in [1.82, 2.24) is 0 Å². The van der Waals surface area contributed by atoms with Gasteiger partial charge in [0, 0.05) is 18.2 Å². The molecule has 0 radical (unpaired) electrons. The average Bonchev–Trinajstić information content (AvgIpc) is 2.63. The summed E-state index contributed by atoms with van der Waals surface area (Å²) in [6.45, 7) is 2.23. The van der Waals surface area contributed by atoms with E-state index in [1.807, 2.05) is 24.3 Å². The summed E-state index contributed by atoms with van der Waals surface area (Å²) in [5.41, 5.74) is -0.286. The van der Waals surface area contributed by atoms with E-state index in [1.54, 1.807) is 12.2 Å². The molecule has 0 aromatic rings. The van der Waals surface area contributed by atoms with Crippen LogP contribution in [0.2, 0.25) is 0 Å². The summed E-state index contributed by atoms with van der Waals surface area (Å²) in [5, 5.41) is 19.2. The Labute approximate surface area is 162 Å². The minimum Gasteiger partial charge on any atom is -0.478 e. The molecule has 0 bridgehead atoms. The molecule has 0 spiro atoms. The Morgan fingerprint density at radius 3 is 2.00 bits per heavy atom. The summed E-state index contributed by atoms with van der Waals surface area (Å²) in [4.78, 5) is 20.5. The van der Waals surface area contributed by atoms with Crippen molar-refractivity contribution in [2.24, 2.45) is 0 Å². The van der Waals surface area contributed by atoms with Crippen molar-refractivity contribution in [3.05, 3.63) is 82.6 Å². The van der Waals surface area contributed by atoms with Crippen LogP contribution in [0.5, 0.6) is 0 Å². The highest BCUT2D eigenvalue weighted by atomic mass is 16.6. The van der Waals surface area contributed by atoms with Gasteiger partial charge in [0.25, 0.3) is 5.70 Å². The van der Waals surface area contributed by atoms with E-state index < -0.39 is 10.9 Å². The molecular weight excluding hydrogens is 342 g/mol. The minimum atomic E-state index is -1.23. The maximum atomic E-state index is 10.7. The van der Waals surface area contributed by atoms with Gasteiger partial charge < -0.3 is 5.11 Å². The van der Waals surface area contributed by atoms with Crippen LogP contribution in [-0.2, 0) is 4.79 Å². The Balaban J connectivity index is 3.99. The maximum absolute atomic E-state index is 10.7. The molecule has 5 nitrogen and oxygen atoms in total. The number of rotatable bonds is 15. The van der Waals surface area contributed by atoms with Gasteiger partial charge in [-0.05, 0) is 12.8 Å². The van der Waals surface area contributed by atoms with Crippen molar-refractivity contribution in [2.75, 3.05) is 0 Å². The van der Waals surface area contributed by atoms with Crippen LogP contribution in [0.4, 0.5) is 0 Å². The molecule has 0 fully saturated rings. The van der Waals surface area contributed by atoms with Crippen molar-refractivity contribution >= 4 is 5.97 Å². The van der Waals surface area contributed by atoms with Gasteiger partial charge in [-0.2, -0.15) is 0 Å². The Kier molecular flexibility index (Phi) is 16.3. The number of carboxylic acids is 1. The normalized spacial score (nSPS) is 13.1. The number of hydrogen-bond donors (Lipinski definition) is 1. The fourth-order valence-electron chi connectivity index (χ4n) is 2.20. The Bertz CT molecular complexity index is 595. The van der Waals surface area contributed by atoms with Crippen LogP contribution in [-0.4, -0.2) is 16.0 Å². The SMILES string of the molecule is CCCCCCCCC/C=C/C=C/C=C/C=C/C=C(\C=C\C(=O)O)[N+](=O)[O-]. The van der Waals surface area contributed by atoms with Gasteiger partial charge in [-0.25, -0.2) is 4.79 Å². The highest BCUT2D eigenvalue weighted by Gasteiger charge is 2.04. The third kappa shape index (κ3) is 17.9.